The Morgan fingerprint density at radius 1 is 1.18 bits per heavy atom. The molecule has 1 fully saturated rings. The Morgan fingerprint density at radius 3 is 2.75 bits per heavy atom. The maximum Gasteiger partial charge on any atom is 0.319 e. The highest BCUT2D eigenvalue weighted by atomic mass is 16.5. The Bertz CT molecular complexity index is 829. The van der Waals surface area contributed by atoms with E-state index in [1.165, 1.54) is 11.3 Å². The van der Waals surface area contributed by atoms with Gasteiger partial charge in [-0.3, -0.25) is 4.90 Å². The standard InChI is InChI=1S/C21H28N4O3/c1-15-3-6-20(28-15)19(25-9-11-27-12-10-25)14-22-21(26)23-17-5-4-16-7-8-24(2)18(16)13-17/h3-6,13,19H,7-12,14H2,1-2H3,(H2,22,23,26). The number of fused-ring (bicyclic) bond motifs is 1. The number of aryl methyl sites for hydroxylation is 1. The van der Waals surface area contributed by atoms with Crippen LogP contribution in [0.25, 0.3) is 0 Å². The largest absolute Gasteiger partial charge is 0.465 e. The number of rotatable bonds is 5. The highest BCUT2D eigenvalue weighted by Crippen LogP contribution is 2.29. The molecule has 1 unspecified atom stereocenters. The van der Waals surface area contributed by atoms with E-state index in [0.29, 0.717) is 19.8 Å². The van der Waals surface area contributed by atoms with Crippen LogP contribution in [-0.4, -0.2) is 57.4 Å². The van der Waals surface area contributed by atoms with E-state index >= 15 is 0 Å². The summed E-state index contributed by atoms with van der Waals surface area (Å²) in [5.74, 6) is 1.75. The average molecular weight is 384 g/mol. The number of amides is 2. The topological polar surface area (TPSA) is 70.0 Å². The third-order valence-electron chi connectivity index (χ3n) is 5.50. The summed E-state index contributed by atoms with van der Waals surface area (Å²) in [6, 6.07) is 9.84. The minimum absolute atomic E-state index is 0.00509. The number of anilines is 2. The number of hydrogen-bond donors (Lipinski definition) is 2. The van der Waals surface area contributed by atoms with Crippen molar-refractivity contribution in [3.63, 3.8) is 0 Å². The number of urea groups is 1. The molecule has 2 N–H and O–H groups in total. The Kier molecular flexibility index (Phi) is 5.54. The molecule has 7 nitrogen and oxygen atoms in total. The molecule has 0 bridgehead atoms. The average Bonchev–Trinajstić information content (AvgIpc) is 3.29. The number of furan rings is 1. The van der Waals surface area contributed by atoms with Crippen molar-refractivity contribution in [3.8, 4) is 0 Å². The minimum atomic E-state index is -0.206. The molecule has 2 aliphatic heterocycles. The zero-order valence-corrected chi connectivity index (χ0v) is 16.5. The van der Waals surface area contributed by atoms with Gasteiger partial charge in [-0.25, -0.2) is 4.79 Å². The molecular weight excluding hydrogens is 356 g/mol. The van der Waals surface area contributed by atoms with Crippen molar-refractivity contribution >= 4 is 17.4 Å². The number of likely N-dealkylation sites (N-methyl/N-ethyl adjacent to an activating group) is 1. The molecule has 0 saturated carbocycles. The van der Waals surface area contributed by atoms with E-state index in [2.05, 4.69) is 33.5 Å². The molecule has 1 atom stereocenters. The molecule has 7 heteroatoms. The van der Waals surface area contributed by atoms with Crippen molar-refractivity contribution in [1.29, 1.82) is 0 Å². The first-order valence-electron chi connectivity index (χ1n) is 9.87. The molecule has 2 aromatic rings. The highest BCUT2D eigenvalue weighted by molar-refractivity contribution is 5.90. The quantitative estimate of drug-likeness (QED) is 0.830. The van der Waals surface area contributed by atoms with Gasteiger partial charge in [-0.1, -0.05) is 6.07 Å². The second kappa shape index (κ2) is 8.24. The van der Waals surface area contributed by atoms with Crippen molar-refractivity contribution in [2.75, 3.05) is 56.7 Å². The predicted molar refractivity (Wildman–Crippen MR) is 109 cm³/mol. The zero-order chi connectivity index (χ0) is 19.5. The summed E-state index contributed by atoms with van der Waals surface area (Å²) in [6.07, 6.45) is 1.06. The molecule has 1 aromatic carbocycles. The van der Waals surface area contributed by atoms with Gasteiger partial charge in [0.2, 0.25) is 0 Å². The van der Waals surface area contributed by atoms with Gasteiger partial charge in [0.15, 0.2) is 0 Å². The van der Waals surface area contributed by atoms with Crippen LogP contribution in [0.2, 0.25) is 0 Å². The van der Waals surface area contributed by atoms with Crippen LogP contribution in [0.3, 0.4) is 0 Å². The molecule has 0 spiro atoms. The fourth-order valence-electron chi connectivity index (χ4n) is 3.91. The van der Waals surface area contributed by atoms with Crippen LogP contribution in [0.4, 0.5) is 16.2 Å². The molecule has 2 amide bonds. The lowest BCUT2D eigenvalue weighted by molar-refractivity contribution is 0.0122. The summed E-state index contributed by atoms with van der Waals surface area (Å²) in [4.78, 5) is 17.0. The molecule has 0 aliphatic carbocycles. The van der Waals surface area contributed by atoms with E-state index < -0.39 is 0 Å². The SMILES string of the molecule is Cc1ccc(C(CNC(=O)Nc2ccc3c(c2)N(C)CC3)N2CCOCC2)o1. The van der Waals surface area contributed by atoms with Crippen LogP contribution in [0.15, 0.2) is 34.7 Å². The van der Waals surface area contributed by atoms with Gasteiger partial charge in [0.05, 0.1) is 19.3 Å². The first-order valence-corrected chi connectivity index (χ1v) is 9.87. The maximum absolute atomic E-state index is 12.5. The van der Waals surface area contributed by atoms with Gasteiger partial charge in [-0.15, -0.1) is 0 Å². The van der Waals surface area contributed by atoms with Crippen LogP contribution in [0.1, 0.15) is 23.1 Å². The van der Waals surface area contributed by atoms with Gasteiger partial charge in [0, 0.05) is 44.6 Å². The molecular formula is C21H28N4O3. The Hall–Kier alpha value is -2.51. The van der Waals surface area contributed by atoms with E-state index in [9.17, 15) is 4.79 Å². The number of ether oxygens (including phenoxy) is 1. The summed E-state index contributed by atoms with van der Waals surface area (Å²) < 4.78 is 11.3. The third kappa shape index (κ3) is 4.15. The van der Waals surface area contributed by atoms with Crippen molar-refractivity contribution in [2.24, 2.45) is 0 Å². The van der Waals surface area contributed by atoms with Crippen LogP contribution in [0, 0.1) is 6.92 Å². The Labute approximate surface area is 165 Å². The van der Waals surface area contributed by atoms with Crippen LogP contribution < -0.4 is 15.5 Å². The van der Waals surface area contributed by atoms with Gasteiger partial charge in [0.25, 0.3) is 0 Å². The highest BCUT2D eigenvalue weighted by Gasteiger charge is 2.26. The number of hydrogen-bond acceptors (Lipinski definition) is 5. The minimum Gasteiger partial charge on any atom is -0.465 e. The summed E-state index contributed by atoms with van der Waals surface area (Å²) in [5.41, 5.74) is 3.32. The monoisotopic (exact) mass is 384 g/mol. The van der Waals surface area contributed by atoms with Gasteiger partial charge < -0.3 is 24.7 Å². The van der Waals surface area contributed by atoms with Crippen molar-refractivity contribution in [2.45, 2.75) is 19.4 Å². The predicted octanol–water partition coefficient (Wildman–Crippen LogP) is 2.78. The molecule has 3 heterocycles. The van der Waals surface area contributed by atoms with E-state index in [-0.39, 0.29) is 12.1 Å². The summed E-state index contributed by atoms with van der Waals surface area (Å²) >= 11 is 0. The van der Waals surface area contributed by atoms with Crippen molar-refractivity contribution in [1.82, 2.24) is 10.2 Å². The number of carbonyl (C=O) groups excluding carboxylic acids is 1. The molecule has 1 saturated heterocycles. The lowest BCUT2D eigenvalue weighted by Gasteiger charge is -2.33. The molecule has 2 aliphatic rings. The smallest absolute Gasteiger partial charge is 0.319 e. The van der Waals surface area contributed by atoms with Gasteiger partial charge >= 0.3 is 6.03 Å². The fraction of sp³-hybridized carbons (Fsp3) is 0.476. The molecule has 4 rings (SSSR count). The number of morpholine rings is 1. The lowest BCUT2D eigenvalue weighted by atomic mass is 10.1. The first-order chi connectivity index (χ1) is 13.6. The normalized spacial score (nSPS) is 18.0. The van der Waals surface area contributed by atoms with Gasteiger partial charge in [-0.05, 0) is 43.2 Å². The summed E-state index contributed by atoms with van der Waals surface area (Å²) in [5, 5.41) is 5.97. The first kappa shape index (κ1) is 18.8. The fourth-order valence-corrected chi connectivity index (χ4v) is 3.91. The number of nitrogens with one attached hydrogen (secondary N) is 2. The maximum atomic E-state index is 12.5. The van der Waals surface area contributed by atoms with E-state index in [0.717, 1.165) is 43.3 Å². The second-order valence-corrected chi connectivity index (χ2v) is 7.46. The van der Waals surface area contributed by atoms with Gasteiger partial charge in [0.1, 0.15) is 11.5 Å². The molecule has 1 aromatic heterocycles. The summed E-state index contributed by atoms with van der Waals surface area (Å²) in [6.45, 7) is 6.48. The van der Waals surface area contributed by atoms with E-state index in [1.807, 2.05) is 31.2 Å². The molecule has 0 radical (unpaired) electrons. The van der Waals surface area contributed by atoms with Gasteiger partial charge in [-0.2, -0.15) is 0 Å². The van der Waals surface area contributed by atoms with Crippen LogP contribution in [0.5, 0.6) is 0 Å². The third-order valence-corrected chi connectivity index (χ3v) is 5.50. The van der Waals surface area contributed by atoms with E-state index in [1.54, 1.807) is 0 Å². The van der Waals surface area contributed by atoms with Crippen molar-refractivity contribution < 1.29 is 13.9 Å². The van der Waals surface area contributed by atoms with Crippen LogP contribution in [-0.2, 0) is 11.2 Å². The molecule has 150 valence electrons. The number of benzene rings is 1. The van der Waals surface area contributed by atoms with E-state index in [4.69, 9.17) is 9.15 Å². The number of nitrogens with zero attached hydrogens (tertiary/aromatic N) is 2. The molecule has 28 heavy (non-hydrogen) atoms. The van der Waals surface area contributed by atoms with Crippen LogP contribution >= 0.6 is 0 Å². The lowest BCUT2D eigenvalue weighted by Crippen LogP contribution is -2.44. The number of carbonyl (C=O) groups is 1. The Morgan fingerprint density at radius 2 is 2.00 bits per heavy atom. The zero-order valence-electron chi connectivity index (χ0n) is 16.5. The summed E-state index contributed by atoms with van der Waals surface area (Å²) in [7, 11) is 2.08. The van der Waals surface area contributed by atoms with Crippen molar-refractivity contribution in [3.05, 3.63) is 47.4 Å². The second-order valence-electron chi connectivity index (χ2n) is 7.46. The Balaban J connectivity index is 1.39.